The van der Waals surface area contributed by atoms with Crippen molar-refractivity contribution in [3.8, 4) is 0 Å². The number of halogens is 1. The number of carboxylic acid groups (broad SMARTS) is 1. The van der Waals surface area contributed by atoms with Crippen LogP contribution in [0.1, 0.15) is 74.5 Å². The van der Waals surface area contributed by atoms with E-state index in [1.54, 1.807) is 0 Å². The van der Waals surface area contributed by atoms with Crippen molar-refractivity contribution in [2.75, 3.05) is 6.16 Å². The molecule has 36 heavy (non-hydrogen) atoms. The molecule has 0 bridgehead atoms. The first-order valence-corrected chi connectivity index (χ1v) is 17.8. The Bertz CT molecular complexity index is 1040. The monoisotopic (exact) mass is 568 g/mol. The molecule has 0 fully saturated rings. The van der Waals surface area contributed by atoms with Crippen LogP contribution in [0.5, 0.6) is 0 Å². The normalized spacial score (nSPS) is 12.7. The average molecular weight is 570 g/mol. The van der Waals surface area contributed by atoms with Gasteiger partial charge in [0.05, 0.1) is 0 Å². The molecule has 0 amide bonds. The molecular weight excluding hydrogens is 527 g/mol. The fraction of sp³-hybridized carbons (Fsp3) is 0.406. The van der Waals surface area contributed by atoms with Gasteiger partial charge in [-0.3, -0.25) is 0 Å². The SMILES string of the molecule is Cc1cccc(P(Br)(CCCCCCCCCCC(=O)O)(c2cccc(C)c2)c2cccc(C)c2)c1. The molecule has 0 aromatic heterocycles. The molecule has 0 heterocycles. The molecule has 4 heteroatoms. The summed E-state index contributed by atoms with van der Waals surface area (Å²) >= 11 is 4.63. The first kappa shape index (κ1) is 28.6. The van der Waals surface area contributed by atoms with Crippen LogP contribution in [-0.4, -0.2) is 17.2 Å². The van der Waals surface area contributed by atoms with Crippen LogP contribution in [0, 0.1) is 20.8 Å². The van der Waals surface area contributed by atoms with E-state index in [1.165, 1.54) is 58.3 Å². The number of aliphatic carboxylic acids is 1. The molecule has 0 saturated carbocycles. The van der Waals surface area contributed by atoms with E-state index in [-0.39, 0.29) is 0 Å². The maximum absolute atomic E-state index is 10.7. The fourth-order valence-electron chi connectivity index (χ4n) is 5.33. The molecule has 0 radical (unpaired) electrons. The molecular formula is C32H42BrO2P. The number of carboxylic acids is 1. The van der Waals surface area contributed by atoms with Gasteiger partial charge in [0.1, 0.15) is 0 Å². The fourth-order valence-corrected chi connectivity index (χ4v) is 13.2. The van der Waals surface area contributed by atoms with E-state index in [4.69, 9.17) is 5.11 Å². The van der Waals surface area contributed by atoms with E-state index in [2.05, 4.69) is 109 Å². The molecule has 0 aliphatic heterocycles. The first-order chi connectivity index (χ1) is 17.2. The quantitative estimate of drug-likeness (QED) is 0.157. The molecule has 0 aliphatic carbocycles. The van der Waals surface area contributed by atoms with E-state index in [0.717, 1.165) is 31.8 Å². The van der Waals surface area contributed by atoms with Crippen molar-refractivity contribution in [3.05, 3.63) is 89.5 Å². The molecule has 0 atom stereocenters. The molecule has 3 aromatic rings. The Morgan fingerprint density at radius 3 is 1.36 bits per heavy atom. The van der Waals surface area contributed by atoms with Gasteiger partial charge in [-0.1, -0.05) is 0 Å². The van der Waals surface area contributed by atoms with Gasteiger partial charge in [0.25, 0.3) is 0 Å². The van der Waals surface area contributed by atoms with Crippen molar-refractivity contribution in [1.82, 2.24) is 0 Å². The van der Waals surface area contributed by atoms with Crippen LogP contribution in [0.25, 0.3) is 0 Å². The maximum atomic E-state index is 10.7. The predicted octanol–water partition coefficient (Wildman–Crippen LogP) is 8.35. The van der Waals surface area contributed by atoms with Crippen molar-refractivity contribution in [1.29, 1.82) is 0 Å². The van der Waals surface area contributed by atoms with Gasteiger partial charge >= 0.3 is 227 Å². The Balaban J connectivity index is 1.86. The zero-order chi connectivity index (χ0) is 26.0. The second-order valence-corrected chi connectivity index (χ2v) is 19.5. The summed E-state index contributed by atoms with van der Waals surface area (Å²) in [6.07, 6.45) is 10.4. The number of rotatable bonds is 14. The van der Waals surface area contributed by atoms with Crippen LogP contribution < -0.4 is 15.9 Å². The van der Waals surface area contributed by atoms with Gasteiger partial charge in [0, 0.05) is 0 Å². The third kappa shape index (κ3) is 6.87. The number of carbonyl (C=O) groups is 1. The average Bonchev–Trinajstić information content (AvgIpc) is 2.85. The second-order valence-electron chi connectivity index (χ2n) is 10.4. The Morgan fingerprint density at radius 1 is 0.639 bits per heavy atom. The molecule has 3 aromatic carbocycles. The van der Waals surface area contributed by atoms with Crippen molar-refractivity contribution in [3.63, 3.8) is 0 Å². The summed E-state index contributed by atoms with van der Waals surface area (Å²) in [4.78, 5) is 10.7. The third-order valence-corrected chi connectivity index (χ3v) is 17.3. The van der Waals surface area contributed by atoms with Crippen molar-refractivity contribution >= 4 is 42.7 Å². The standard InChI is InChI=1S/C32H42BrO2P/c1-26-15-12-18-29(23-26)36(33,30-19-13-16-27(2)24-30,31-20-14-17-28(3)25-31)22-11-9-7-5-4-6-8-10-21-32(34)35/h12-20,23-25H,4-11,21-22H2,1-3H3,(H,34,35). The van der Waals surface area contributed by atoms with E-state index in [9.17, 15) is 4.79 Å². The minimum absolute atomic E-state index is 0.301. The summed E-state index contributed by atoms with van der Waals surface area (Å²) in [5.41, 5.74) is 3.89. The third-order valence-electron chi connectivity index (χ3n) is 7.34. The molecule has 0 aliphatic rings. The van der Waals surface area contributed by atoms with Crippen LogP contribution in [0.2, 0.25) is 0 Å². The summed E-state index contributed by atoms with van der Waals surface area (Å²) in [5, 5.41) is 10.2. The van der Waals surface area contributed by atoms with Crippen LogP contribution >= 0.6 is 20.8 Å². The van der Waals surface area contributed by atoms with E-state index in [0.29, 0.717) is 6.42 Å². The molecule has 1 N–H and O–H groups in total. The van der Waals surface area contributed by atoms with E-state index >= 15 is 0 Å². The van der Waals surface area contributed by atoms with Crippen LogP contribution in [-0.2, 0) is 4.79 Å². The topological polar surface area (TPSA) is 37.3 Å². The molecule has 2 nitrogen and oxygen atoms in total. The number of aryl methyl sites for hydroxylation is 3. The van der Waals surface area contributed by atoms with Gasteiger partial charge in [-0.15, -0.1) is 0 Å². The zero-order valence-electron chi connectivity index (χ0n) is 22.2. The van der Waals surface area contributed by atoms with Crippen LogP contribution in [0.4, 0.5) is 0 Å². The van der Waals surface area contributed by atoms with Gasteiger partial charge in [0.15, 0.2) is 0 Å². The summed E-state index contributed by atoms with van der Waals surface area (Å²) in [6.45, 7) is 6.59. The Hall–Kier alpha value is -1.96. The number of unbranched alkanes of at least 4 members (excludes halogenated alkanes) is 7. The molecule has 194 valence electrons. The summed E-state index contributed by atoms with van der Waals surface area (Å²) in [5.74, 6) is -0.679. The Kier molecular flexibility index (Phi) is 10.3. The first-order valence-electron chi connectivity index (χ1n) is 13.4. The van der Waals surface area contributed by atoms with Crippen LogP contribution in [0.15, 0.2) is 72.8 Å². The van der Waals surface area contributed by atoms with Gasteiger partial charge in [-0.05, 0) is 0 Å². The van der Waals surface area contributed by atoms with E-state index in [1.807, 2.05) is 0 Å². The Morgan fingerprint density at radius 2 is 1.00 bits per heavy atom. The minimum atomic E-state index is -2.88. The van der Waals surface area contributed by atoms with Gasteiger partial charge in [-0.25, -0.2) is 0 Å². The van der Waals surface area contributed by atoms with Crippen LogP contribution in [0.3, 0.4) is 0 Å². The molecule has 0 saturated heterocycles. The van der Waals surface area contributed by atoms with Gasteiger partial charge in [-0.2, -0.15) is 0 Å². The van der Waals surface area contributed by atoms with Crippen molar-refractivity contribution in [2.45, 2.75) is 78.6 Å². The Labute approximate surface area is 226 Å². The molecule has 0 unspecified atom stereocenters. The number of hydrogen-bond donors (Lipinski definition) is 1. The number of hydrogen-bond acceptors (Lipinski definition) is 1. The number of benzene rings is 3. The van der Waals surface area contributed by atoms with Crippen molar-refractivity contribution in [2.24, 2.45) is 0 Å². The van der Waals surface area contributed by atoms with Crippen molar-refractivity contribution < 1.29 is 9.90 Å². The second kappa shape index (κ2) is 13.0. The predicted molar refractivity (Wildman–Crippen MR) is 162 cm³/mol. The van der Waals surface area contributed by atoms with Gasteiger partial charge in [0.2, 0.25) is 0 Å². The summed E-state index contributed by atoms with van der Waals surface area (Å²) in [7, 11) is 0. The molecule has 0 spiro atoms. The molecule has 3 rings (SSSR count). The van der Waals surface area contributed by atoms with Gasteiger partial charge < -0.3 is 0 Å². The summed E-state index contributed by atoms with van der Waals surface area (Å²) in [6, 6.07) is 27.4. The van der Waals surface area contributed by atoms with E-state index < -0.39 is 11.3 Å². The summed E-state index contributed by atoms with van der Waals surface area (Å²) < 4.78 is 0. The zero-order valence-corrected chi connectivity index (χ0v) is 24.7.